The van der Waals surface area contributed by atoms with Crippen molar-refractivity contribution in [2.24, 2.45) is 10.9 Å². The molecule has 0 radical (unpaired) electrons. The zero-order valence-corrected chi connectivity index (χ0v) is 14.1. The number of hydrogen-bond acceptors (Lipinski definition) is 3. The van der Waals surface area contributed by atoms with E-state index in [-0.39, 0.29) is 0 Å². The Kier molecular flexibility index (Phi) is 6.30. The van der Waals surface area contributed by atoms with Crippen LogP contribution in [0.2, 0.25) is 0 Å². The molecule has 2 aliphatic rings. The molecule has 0 bridgehead atoms. The summed E-state index contributed by atoms with van der Waals surface area (Å²) in [7, 11) is 0. The van der Waals surface area contributed by atoms with Crippen molar-refractivity contribution >= 4 is 5.96 Å². The molecule has 5 nitrogen and oxygen atoms in total. The van der Waals surface area contributed by atoms with Gasteiger partial charge in [0.05, 0.1) is 12.2 Å². The lowest BCUT2D eigenvalue weighted by Crippen LogP contribution is -2.45. The maximum Gasteiger partial charge on any atom is 0.191 e. The predicted molar refractivity (Wildman–Crippen MR) is 87.7 cm³/mol. The summed E-state index contributed by atoms with van der Waals surface area (Å²) in [5.74, 6) is 1.78. The lowest BCUT2D eigenvalue weighted by Gasteiger charge is -2.35. The lowest BCUT2D eigenvalue weighted by atomic mass is 10.2. The summed E-state index contributed by atoms with van der Waals surface area (Å²) >= 11 is 0. The van der Waals surface area contributed by atoms with Crippen molar-refractivity contribution in [3.05, 3.63) is 0 Å². The number of guanidine groups is 1. The van der Waals surface area contributed by atoms with Crippen LogP contribution in [0.1, 0.15) is 40.5 Å². The van der Waals surface area contributed by atoms with Gasteiger partial charge in [0, 0.05) is 38.8 Å². The zero-order valence-electron chi connectivity index (χ0n) is 14.1. The SMILES string of the molecule is CCNC(=NCCCN1CC(C)OC(C)C1)NC1CC1C. The van der Waals surface area contributed by atoms with E-state index in [0.29, 0.717) is 18.2 Å². The van der Waals surface area contributed by atoms with Crippen molar-refractivity contribution in [1.82, 2.24) is 15.5 Å². The molecule has 0 aromatic carbocycles. The summed E-state index contributed by atoms with van der Waals surface area (Å²) in [6.45, 7) is 13.7. The smallest absolute Gasteiger partial charge is 0.191 e. The van der Waals surface area contributed by atoms with Crippen molar-refractivity contribution in [3.63, 3.8) is 0 Å². The number of ether oxygens (including phenoxy) is 1. The monoisotopic (exact) mass is 296 g/mol. The summed E-state index contributed by atoms with van der Waals surface area (Å²) in [4.78, 5) is 7.18. The molecular weight excluding hydrogens is 264 g/mol. The van der Waals surface area contributed by atoms with Gasteiger partial charge in [0.2, 0.25) is 0 Å². The lowest BCUT2D eigenvalue weighted by molar-refractivity contribution is -0.0679. The molecule has 5 heteroatoms. The second kappa shape index (κ2) is 7.99. The fraction of sp³-hybridized carbons (Fsp3) is 0.938. The molecule has 2 fully saturated rings. The fourth-order valence-corrected chi connectivity index (χ4v) is 2.97. The molecule has 2 N–H and O–H groups in total. The standard InChI is InChI=1S/C16H32N4O/c1-5-17-16(19-15-9-12(15)2)18-7-6-8-20-10-13(3)21-14(4)11-20/h12-15H,5-11H2,1-4H3,(H2,17,18,19). The summed E-state index contributed by atoms with van der Waals surface area (Å²) in [6, 6.07) is 0.628. The third-order valence-electron chi connectivity index (χ3n) is 4.17. The van der Waals surface area contributed by atoms with Crippen molar-refractivity contribution in [2.75, 3.05) is 32.7 Å². The summed E-state index contributed by atoms with van der Waals surface area (Å²) < 4.78 is 5.76. The molecule has 1 aliphatic heterocycles. The number of nitrogens with one attached hydrogen (secondary N) is 2. The molecule has 21 heavy (non-hydrogen) atoms. The Bertz CT molecular complexity index is 337. The Balaban J connectivity index is 1.67. The van der Waals surface area contributed by atoms with Gasteiger partial charge in [0.15, 0.2) is 5.96 Å². The van der Waals surface area contributed by atoms with E-state index in [9.17, 15) is 0 Å². The minimum Gasteiger partial charge on any atom is -0.373 e. The number of rotatable bonds is 6. The Morgan fingerprint density at radius 3 is 2.48 bits per heavy atom. The molecular formula is C16H32N4O. The molecule has 0 amide bonds. The van der Waals surface area contributed by atoms with E-state index in [1.54, 1.807) is 0 Å². The number of morpholine rings is 1. The molecule has 122 valence electrons. The highest BCUT2D eigenvalue weighted by atomic mass is 16.5. The Hall–Kier alpha value is -0.810. The minimum absolute atomic E-state index is 0.354. The molecule has 1 saturated heterocycles. The molecule has 0 aromatic heterocycles. The van der Waals surface area contributed by atoms with E-state index >= 15 is 0 Å². The topological polar surface area (TPSA) is 48.9 Å². The quantitative estimate of drug-likeness (QED) is 0.442. The predicted octanol–water partition coefficient (Wildman–Crippen LogP) is 1.45. The van der Waals surface area contributed by atoms with Gasteiger partial charge < -0.3 is 15.4 Å². The maximum absolute atomic E-state index is 5.76. The van der Waals surface area contributed by atoms with Crippen LogP contribution in [-0.4, -0.2) is 61.8 Å². The average Bonchev–Trinajstić information content (AvgIpc) is 3.09. The molecule has 1 saturated carbocycles. The highest BCUT2D eigenvalue weighted by molar-refractivity contribution is 5.80. The van der Waals surface area contributed by atoms with Crippen LogP contribution in [0, 0.1) is 5.92 Å². The summed E-state index contributed by atoms with van der Waals surface area (Å²) in [5, 5.41) is 6.83. The Labute approximate surface area is 129 Å². The maximum atomic E-state index is 5.76. The number of hydrogen-bond donors (Lipinski definition) is 2. The first kappa shape index (κ1) is 16.6. The Morgan fingerprint density at radius 1 is 1.24 bits per heavy atom. The van der Waals surface area contributed by atoms with E-state index in [1.165, 1.54) is 6.42 Å². The van der Waals surface area contributed by atoms with E-state index in [0.717, 1.165) is 51.0 Å². The summed E-state index contributed by atoms with van der Waals surface area (Å²) in [5.41, 5.74) is 0. The van der Waals surface area contributed by atoms with Crippen molar-refractivity contribution in [1.29, 1.82) is 0 Å². The number of aliphatic imine (C=N–C) groups is 1. The van der Waals surface area contributed by atoms with Crippen LogP contribution in [0.4, 0.5) is 0 Å². The van der Waals surface area contributed by atoms with Gasteiger partial charge in [-0.25, -0.2) is 0 Å². The second-order valence-corrected chi connectivity index (χ2v) is 6.59. The van der Waals surface area contributed by atoms with Gasteiger partial charge in [-0.2, -0.15) is 0 Å². The minimum atomic E-state index is 0.354. The van der Waals surface area contributed by atoms with Gasteiger partial charge in [-0.05, 0) is 39.5 Å². The van der Waals surface area contributed by atoms with Crippen LogP contribution in [0.3, 0.4) is 0 Å². The van der Waals surface area contributed by atoms with Crippen LogP contribution in [-0.2, 0) is 4.74 Å². The largest absolute Gasteiger partial charge is 0.373 e. The average molecular weight is 296 g/mol. The molecule has 1 heterocycles. The van der Waals surface area contributed by atoms with Crippen LogP contribution >= 0.6 is 0 Å². The molecule has 4 atom stereocenters. The first-order valence-corrected chi connectivity index (χ1v) is 8.51. The third kappa shape index (κ3) is 5.83. The van der Waals surface area contributed by atoms with Crippen LogP contribution < -0.4 is 10.6 Å². The van der Waals surface area contributed by atoms with Gasteiger partial charge in [0.1, 0.15) is 0 Å². The Morgan fingerprint density at radius 2 is 1.90 bits per heavy atom. The van der Waals surface area contributed by atoms with Crippen molar-refractivity contribution in [2.45, 2.75) is 58.8 Å². The first-order chi connectivity index (χ1) is 10.1. The normalized spacial score (nSPS) is 33.8. The zero-order chi connectivity index (χ0) is 15.2. The highest BCUT2D eigenvalue weighted by Crippen LogP contribution is 2.28. The molecule has 2 rings (SSSR count). The van der Waals surface area contributed by atoms with E-state index in [4.69, 9.17) is 4.74 Å². The summed E-state index contributed by atoms with van der Waals surface area (Å²) in [6.07, 6.45) is 3.09. The first-order valence-electron chi connectivity index (χ1n) is 8.51. The van der Waals surface area contributed by atoms with Crippen molar-refractivity contribution < 1.29 is 4.74 Å². The third-order valence-corrected chi connectivity index (χ3v) is 4.17. The fourth-order valence-electron chi connectivity index (χ4n) is 2.97. The van der Waals surface area contributed by atoms with Gasteiger partial charge in [0.25, 0.3) is 0 Å². The van der Waals surface area contributed by atoms with Crippen molar-refractivity contribution in [3.8, 4) is 0 Å². The van der Waals surface area contributed by atoms with Crippen LogP contribution in [0.5, 0.6) is 0 Å². The highest BCUT2D eigenvalue weighted by Gasteiger charge is 2.33. The number of nitrogens with zero attached hydrogens (tertiary/aromatic N) is 2. The van der Waals surface area contributed by atoms with Gasteiger partial charge >= 0.3 is 0 Å². The van der Waals surface area contributed by atoms with E-state index in [1.807, 2.05) is 0 Å². The van der Waals surface area contributed by atoms with Crippen LogP contribution in [0.25, 0.3) is 0 Å². The van der Waals surface area contributed by atoms with Crippen LogP contribution in [0.15, 0.2) is 4.99 Å². The molecule has 0 aromatic rings. The molecule has 4 unspecified atom stereocenters. The van der Waals surface area contributed by atoms with E-state index in [2.05, 4.69) is 48.2 Å². The van der Waals surface area contributed by atoms with E-state index < -0.39 is 0 Å². The van der Waals surface area contributed by atoms with Gasteiger partial charge in [-0.3, -0.25) is 9.89 Å². The molecule has 0 spiro atoms. The van der Waals surface area contributed by atoms with Gasteiger partial charge in [-0.15, -0.1) is 0 Å². The molecule has 1 aliphatic carbocycles. The van der Waals surface area contributed by atoms with Gasteiger partial charge in [-0.1, -0.05) is 6.92 Å². The second-order valence-electron chi connectivity index (χ2n) is 6.59.